The lowest BCUT2D eigenvalue weighted by molar-refractivity contribution is 0.101. The Morgan fingerprint density at radius 2 is 1.82 bits per heavy atom. The van der Waals surface area contributed by atoms with Gasteiger partial charge in [0.2, 0.25) is 0 Å². The number of rotatable bonds is 3. The molecule has 1 N–H and O–H groups in total. The van der Waals surface area contributed by atoms with Crippen LogP contribution in [0.5, 0.6) is 0 Å². The lowest BCUT2D eigenvalue weighted by Gasteiger charge is -2.06. The predicted molar refractivity (Wildman–Crippen MR) is 111 cm³/mol. The van der Waals surface area contributed by atoms with Gasteiger partial charge < -0.3 is 5.32 Å². The lowest BCUT2D eigenvalue weighted by atomic mass is 10.1. The zero-order chi connectivity index (χ0) is 20.0. The number of anilines is 1. The summed E-state index contributed by atoms with van der Waals surface area (Å²) < 4.78 is 1.53. The lowest BCUT2D eigenvalue weighted by Crippen LogP contribution is -2.17. The average molecular weight is 391 g/mol. The Bertz CT molecular complexity index is 1330. The summed E-state index contributed by atoms with van der Waals surface area (Å²) in [5, 5.41) is 2.74. The molecular formula is C21H17N3O3S. The number of nitrogens with one attached hydrogen (secondary N) is 1. The van der Waals surface area contributed by atoms with E-state index in [-0.39, 0.29) is 16.2 Å². The summed E-state index contributed by atoms with van der Waals surface area (Å²) in [7, 11) is 0. The first-order chi connectivity index (χ1) is 13.3. The highest BCUT2D eigenvalue weighted by Crippen LogP contribution is 2.23. The van der Waals surface area contributed by atoms with E-state index in [4.69, 9.17) is 0 Å². The van der Waals surface area contributed by atoms with Gasteiger partial charge in [0.25, 0.3) is 11.5 Å². The van der Waals surface area contributed by atoms with Gasteiger partial charge >= 0.3 is 0 Å². The molecule has 0 saturated heterocycles. The van der Waals surface area contributed by atoms with Gasteiger partial charge in [-0.2, -0.15) is 0 Å². The Labute approximate surface area is 164 Å². The van der Waals surface area contributed by atoms with Crippen LogP contribution >= 0.6 is 11.3 Å². The average Bonchev–Trinajstić information content (AvgIpc) is 3.00. The summed E-state index contributed by atoms with van der Waals surface area (Å²) in [5.74, 6) is -0.499. The van der Waals surface area contributed by atoms with Crippen molar-refractivity contribution in [2.45, 2.75) is 20.8 Å². The van der Waals surface area contributed by atoms with Gasteiger partial charge in [0.1, 0.15) is 4.88 Å². The van der Waals surface area contributed by atoms with Crippen LogP contribution in [0, 0.1) is 13.8 Å². The van der Waals surface area contributed by atoms with Crippen molar-refractivity contribution in [1.29, 1.82) is 0 Å². The van der Waals surface area contributed by atoms with E-state index in [9.17, 15) is 14.4 Å². The van der Waals surface area contributed by atoms with Crippen molar-refractivity contribution in [3.05, 3.63) is 74.4 Å². The molecule has 4 aromatic rings. The fourth-order valence-electron chi connectivity index (χ4n) is 3.02. The normalized spacial score (nSPS) is 11.1. The van der Waals surface area contributed by atoms with Gasteiger partial charge in [-0.15, -0.1) is 0 Å². The fourth-order valence-corrected chi connectivity index (χ4v) is 3.94. The van der Waals surface area contributed by atoms with E-state index in [0.29, 0.717) is 16.2 Å². The quantitative estimate of drug-likeness (QED) is 0.536. The van der Waals surface area contributed by atoms with Gasteiger partial charge in [0, 0.05) is 17.3 Å². The van der Waals surface area contributed by atoms with Crippen molar-refractivity contribution in [2.24, 2.45) is 0 Å². The van der Waals surface area contributed by atoms with E-state index < -0.39 is 5.91 Å². The second kappa shape index (κ2) is 6.69. The maximum Gasteiger partial charge on any atom is 0.266 e. The zero-order valence-electron chi connectivity index (χ0n) is 15.6. The molecule has 0 atom stereocenters. The molecule has 0 aliphatic rings. The third-order valence-electron chi connectivity index (χ3n) is 4.67. The van der Waals surface area contributed by atoms with Crippen molar-refractivity contribution in [3.8, 4) is 0 Å². The summed E-state index contributed by atoms with van der Waals surface area (Å²) in [4.78, 5) is 42.1. The Kier molecular flexibility index (Phi) is 4.31. The number of fused-ring (bicyclic) bond motifs is 3. The number of aromatic nitrogens is 2. The van der Waals surface area contributed by atoms with Crippen LogP contribution in [0.2, 0.25) is 0 Å². The first kappa shape index (κ1) is 18.1. The van der Waals surface area contributed by atoms with Crippen LogP contribution < -0.4 is 10.9 Å². The predicted octanol–water partition coefficient (Wildman–Crippen LogP) is 3.98. The van der Waals surface area contributed by atoms with E-state index in [2.05, 4.69) is 10.3 Å². The summed E-state index contributed by atoms with van der Waals surface area (Å²) in [6, 6.07) is 11.9. The van der Waals surface area contributed by atoms with E-state index in [1.54, 1.807) is 24.3 Å². The third-order valence-corrected chi connectivity index (χ3v) is 5.65. The maximum absolute atomic E-state index is 12.7. The van der Waals surface area contributed by atoms with Crippen LogP contribution in [-0.4, -0.2) is 21.1 Å². The minimum atomic E-state index is -0.412. The number of carbonyl (C=O) groups is 2. The number of nitrogens with zero attached hydrogens (tertiary/aromatic N) is 2. The summed E-state index contributed by atoms with van der Waals surface area (Å²) >= 11 is 1.15. The first-order valence-corrected chi connectivity index (χ1v) is 9.51. The molecular weight excluding hydrogens is 374 g/mol. The highest BCUT2D eigenvalue weighted by atomic mass is 32.1. The molecule has 1 amide bonds. The molecule has 2 aromatic carbocycles. The van der Waals surface area contributed by atoms with E-state index in [0.717, 1.165) is 33.5 Å². The third kappa shape index (κ3) is 3.10. The molecule has 7 heteroatoms. The Morgan fingerprint density at radius 1 is 1.07 bits per heavy atom. The number of benzene rings is 2. The molecule has 0 unspecified atom stereocenters. The molecule has 2 aromatic heterocycles. The minimum Gasteiger partial charge on any atom is -0.321 e. The molecule has 0 fully saturated rings. The minimum absolute atomic E-state index is 0.0863. The smallest absolute Gasteiger partial charge is 0.266 e. The highest BCUT2D eigenvalue weighted by Gasteiger charge is 2.15. The summed E-state index contributed by atoms with van der Waals surface area (Å²) in [5.41, 5.74) is 4.33. The monoisotopic (exact) mass is 391 g/mol. The van der Waals surface area contributed by atoms with Crippen molar-refractivity contribution in [1.82, 2.24) is 9.38 Å². The molecule has 0 bridgehead atoms. The van der Waals surface area contributed by atoms with Gasteiger partial charge in [-0.25, -0.2) is 4.98 Å². The maximum atomic E-state index is 12.7. The van der Waals surface area contributed by atoms with Crippen LogP contribution in [0.4, 0.5) is 5.69 Å². The molecule has 0 saturated carbocycles. The van der Waals surface area contributed by atoms with Crippen LogP contribution in [0.3, 0.4) is 0 Å². The van der Waals surface area contributed by atoms with Crippen LogP contribution in [0.1, 0.15) is 38.1 Å². The van der Waals surface area contributed by atoms with Crippen molar-refractivity contribution >= 4 is 44.7 Å². The zero-order valence-corrected chi connectivity index (χ0v) is 16.4. The molecule has 6 nitrogen and oxygen atoms in total. The van der Waals surface area contributed by atoms with E-state index >= 15 is 0 Å². The van der Waals surface area contributed by atoms with Crippen LogP contribution in [0.25, 0.3) is 16.0 Å². The number of Topliss-reactive ketones (excluding diaryl/α,β-unsaturated/α-hetero) is 1. The molecule has 0 spiro atoms. The fraction of sp³-hybridized carbons (Fsp3) is 0.143. The van der Waals surface area contributed by atoms with Gasteiger partial charge in [0.15, 0.2) is 10.7 Å². The largest absolute Gasteiger partial charge is 0.321 e. The molecule has 28 heavy (non-hydrogen) atoms. The van der Waals surface area contributed by atoms with Crippen molar-refractivity contribution < 1.29 is 9.59 Å². The number of aryl methyl sites for hydroxylation is 2. The van der Waals surface area contributed by atoms with Gasteiger partial charge in [-0.05, 0) is 56.2 Å². The number of imidazole rings is 1. The Balaban J connectivity index is 1.76. The standard InChI is InChI=1S/C21H17N3O3S/c1-11-7-16-17(8-12(11)2)24-19(26)10-18(28-21(24)23-16)20(27)22-15-6-4-5-14(9-15)13(3)25/h4-10H,1-3H3,(H,22,27). The van der Waals surface area contributed by atoms with Crippen LogP contribution in [-0.2, 0) is 0 Å². The summed E-state index contributed by atoms with van der Waals surface area (Å²) in [6.07, 6.45) is 0. The van der Waals surface area contributed by atoms with Crippen molar-refractivity contribution in [3.63, 3.8) is 0 Å². The number of ketones is 1. The topological polar surface area (TPSA) is 80.5 Å². The van der Waals surface area contributed by atoms with Gasteiger partial charge in [-0.1, -0.05) is 23.5 Å². The van der Waals surface area contributed by atoms with E-state index in [1.807, 2.05) is 26.0 Å². The molecule has 0 aliphatic heterocycles. The van der Waals surface area contributed by atoms with Crippen LogP contribution in [0.15, 0.2) is 47.3 Å². The highest BCUT2D eigenvalue weighted by molar-refractivity contribution is 7.18. The molecule has 0 aliphatic carbocycles. The summed E-state index contributed by atoms with van der Waals surface area (Å²) in [6.45, 7) is 5.44. The van der Waals surface area contributed by atoms with Gasteiger partial charge in [-0.3, -0.25) is 18.8 Å². The number of hydrogen-bond donors (Lipinski definition) is 1. The molecule has 4 rings (SSSR count). The number of amides is 1. The molecule has 140 valence electrons. The second-order valence-electron chi connectivity index (χ2n) is 6.69. The molecule has 0 radical (unpaired) electrons. The Morgan fingerprint density at radius 3 is 2.57 bits per heavy atom. The number of hydrogen-bond acceptors (Lipinski definition) is 5. The number of carbonyl (C=O) groups excluding carboxylic acids is 2. The van der Waals surface area contributed by atoms with Gasteiger partial charge in [0.05, 0.1) is 11.0 Å². The first-order valence-electron chi connectivity index (χ1n) is 8.69. The van der Waals surface area contributed by atoms with Crippen molar-refractivity contribution in [2.75, 3.05) is 5.32 Å². The molecule has 2 heterocycles. The Hall–Kier alpha value is -3.32. The second-order valence-corrected chi connectivity index (χ2v) is 7.70. The van der Waals surface area contributed by atoms with E-state index in [1.165, 1.54) is 17.4 Å². The SMILES string of the molecule is CC(=O)c1cccc(NC(=O)c2cc(=O)n3c(nc4cc(C)c(C)cc43)s2)c1.